The van der Waals surface area contributed by atoms with Crippen LogP contribution in [0.2, 0.25) is 0 Å². The van der Waals surface area contributed by atoms with Crippen molar-refractivity contribution < 1.29 is 0 Å². The van der Waals surface area contributed by atoms with Crippen LogP contribution < -0.4 is 5.32 Å². The predicted molar refractivity (Wildman–Crippen MR) is 121 cm³/mol. The average molecular weight is 367 g/mol. The van der Waals surface area contributed by atoms with Crippen LogP contribution in [-0.4, -0.2) is 5.84 Å². The molecule has 4 rings (SSSR count). The Morgan fingerprint density at radius 2 is 1.39 bits per heavy atom. The first-order valence-corrected chi connectivity index (χ1v) is 9.73. The van der Waals surface area contributed by atoms with Gasteiger partial charge in [0.15, 0.2) is 0 Å². The number of amidine groups is 1. The monoisotopic (exact) mass is 366 g/mol. The molecule has 1 atom stereocenters. The summed E-state index contributed by atoms with van der Waals surface area (Å²) < 4.78 is 0. The molecule has 0 aliphatic carbocycles. The summed E-state index contributed by atoms with van der Waals surface area (Å²) in [6, 6.07) is 29.0. The number of hydrogen-bond acceptors (Lipinski definition) is 2. The van der Waals surface area contributed by atoms with Crippen molar-refractivity contribution >= 4 is 17.6 Å². The minimum Gasteiger partial charge on any atom is -0.340 e. The van der Waals surface area contributed by atoms with Crippen LogP contribution in [0.15, 0.2) is 103 Å². The molecule has 3 aromatic carbocycles. The Morgan fingerprint density at radius 1 is 0.786 bits per heavy atom. The molecule has 1 aliphatic heterocycles. The molecule has 140 valence electrons. The summed E-state index contributed by atoms with van der Waals surface area (Å²) >= 11 is 0. The molecule has 28 heavy (non-hydrogen) atoms. The predicted octanol–water partition coefficient (Wildman–Crippen LogP) is 6.49. The van der Waals surface area contributed by atoms with Gasteiger partial charge in [-0.25, -0.2) is 0 Å². The van der Waals surface area contributed by atoms with Gasteiger partial charge in [-0.1, -0.05) is 111 Å². The van der Waals surface area contributed by atoms with E-state index in [9.17, 15) is 0 Å². The molecule has 2 nitrogen and oxygen atoms in total. The zero-order valence-electron chi connectivity index (χ0n) is 16.5. The van der Waals surface area contributed by atoms with Crippen molar-refractivity contribution in [3.05, 3.63) is 120 Å². The van der Waals surface area contributed by atoms with Crippen LogP contribution in [0.1, 0.15) is 42.1 Å². The van der Waals surface area contributed by atoms with Gasteiger partial charge >= 0.3 is 0 Å². The number of aliphatic imine (C=N–C) groups is 1. The second-order valence-corrected chi connectivity index (χ2v) is 6.23. The molecule has 2 heteroatoms. The van der Waals surface area contributed by atoms with Crippen molar-refractivity contribution in [1.29, 1.82) is 0 Å². The molecule has 0 amide bonds. The highest BCUT2D eigenvalue weighted by Crippen LogP contribution is 2.28. The van der Waals surface area contributed by atoms with Gasteiger partial charge in [0.25, 0.3) is 0 Å². The fourth-order valence-corrected chi connectivity index (χ4v) is 3.07. The van der Waals surface area contributed by atoms with Gasteiger partial charge in [-0.05, 0) is 22.8 Å². The Kier molecular flexibility index (Phi) is 6.59. The molecule has 0 spiro atoms. The fourth-order valence-electron chi connectivity index (χ4n) is 3.07. The van der Waals surface area contributed by atoms with Gasteiger partial charge < -0.3 is 5.32 Å². The van der Waals surface area contributed by atoms with Gasteiger partial charge in [0.05, 0.1) is 6.04 Å². The topological polar surface area (TPSA) is 24.4 Å². The number of rotatable bonds is 4. The normalized spacial score (nSPS) is 15.3. The average Bonchev–Trinajstić information content (AvgIpc) is 2.81. The lowest BCUT2D eigenvalue weighted by atomic mass is 10.0. The largest absolute Gasteiger partial charge is 0.340 e. The van der Waals surface area contributed by atoms with E-state index in [-0.39, 0.29) is 6.04 Å². The van der Waals surface area contributed by atoms with Gasteiger partial charge in [0, 0.05) is 11.3 Å². The van der Waals surface area contributed by atoms with E-state index < -0.39 is 0 Å². The van der Waals surface area contributed by atoms with Crippen molar-refractivity contribution in [3.8, 4) is 0 Å². The van der Waals surface area contributed by atoms with E-state index >= 15 is 0 Å². The Labute approximate surface area is 168 Å². The number of hydrogen-bond donors (Lipinski definition) is 1. The highest BCUT2D eigenvalue weighted by molar-refractivity contribution is 6.05. The molecule has 0 aromatic heterocycles. The summed E-state index contributed by atoms with van der Waals surface area (Å²) in [7, 11) is 0. The zero-order valence-corrected chi connectivity index (χ0v) is 16.5. The third-order valence-corrected chi connectivity index (χ3v) is 4.49. The molecule has 0 saturated heterocycles. The van der Waals surface area contributed by atoms with E-state index in [2.05, 4.69) is 90.8 Å². The van der Waals surface area contributed by atoms with Crippen molar-refractivity contribution in [2.75, 3.05) is 0 Å². The molecular formula is C26H26N2. The van der Waals surface area contributed by atoms with Crippen LogP contribution >= 0.6 is 0 Å². The molecule has 0 bridgehead atoms. The molecule has 0 fully saturated rings. The molecule has 3 aromatic rings. The minimum atomic E-state index is -0.0123. The number of benzene rings is 3. The van der Waals surface area contributed by atoms with E-state index in [1.54, 1.807) is 0 Å². The van der Waals surface area contributed by atoms with Crippen LogP contribution in [-0.2, 0) is 0 Å². The summed E-state index contributed by atoms with van der Waals surface area (Å²) in [5.41, 5.74) is 5.59. The lowest BCUT2D eigenvalue weighted by Gasteiger charge is -2.23. The third-order valence-electron chi connectivity index (χ3n) is 4.49. The highest BCUT2D eigenvalue weighted by Gasteiger charge is 2.18. The van der Waals surface area contributed by atoms with Crippen LogP contribution in [0.4, 0.5) is 0 Å². The summed E-state index contributed by atoms with van der Waals surface area (Å²) in [6.07, 6.45) is 4.04. The Balaban J connectivity index is 0.00000109. The molecule has 1 heterocycles. The maximum Gasteiger partial charge on any atom is 0.133 e. The SMILES string of the molecule is C=Cc1ccc(C2=NC(c3ccccc3)C=C(c3ccccc3)N2)cc1.CC. The zero-order chi connectivity index (χ0) is 19.8. The smallest absolute Gasteiger partial charge is 0.133 e. The second kappa shape index (κ2) is 9.52. The van der Waals surface area contributed by atoms with Crippen molar-refractivity contribution in [3.63, 3.8) is 0 Å². The summed E-state index contributed by atoms with van der Waals surface area (Å²) in [5.74, 6) is 0.885. The Bertz CT molecular complexity index is 952. The summed E-state index contributed by atoms with van der Waals surface area (Å²) in [6.45, 7) is 7.82. The van der Waals surface area contributed by atoms with Gasteiger partial charge in [-0.3, -0.25) is 4.99 Å². The van der Waals surface area contributed by atoms with Crippen LogP contribution in [0.5, 0.6) is 0 Å². The van der Waals surface area contributed by atoms with E-state index in [1.165, 1.54) is 5.56 Å². The maximum absolute atomic E-state index is 4.96. The first-order chi connectivity index (χ1) is 13.8. The minimum absolute atomic E-state index is 0.0123. The van der Waals surface area contributed by atoms with Crippen molar-refractivity contribution in [1.82, 2.24) is 5.32 Å². The van der Waals surface area contributed by atoms with Crippen LogP contribution in [0, 0.1) is 0 Å². The lowest BCUT2D eigenvalue weighted by Crippen LogP contribution is -2.27. The maximum atomic E-state index is 4.96. The quantitative estimate of drug-likeness (QED) is 0.561. The molecule has 0 saturated carbocycles. The van der Waals surface area contributed by atoms with E-state index in [0.29, 0.717) is 0 Å². The van der Waals surface area contributed by atoms with Gasteiger partial charge in [-0.2, -0.15) is 0 Å². The second-order valence-electron chi connectivity index (χ2n) is 6.23. The highest BCUT2D eigenvalue weighted by atomic mass is 15.0. The van der Waals surface area contributed by atoms with E-state index in [0.717, 1.165) is 28.2 Å². The van der Waals surface area contributed by atoms with Crippen LogP contribution in [0.3, 0.4) is 0 Å². The summed E-state index contributed by atoms with van der Waals surface area (Å²) in [4.78, 5) is 4.96. The first kappa shape index (κ1) is 19.4. The molecule has 1 N–H and O–H groups in total. The Hall–Kier alpha value is -3.39. The van der Waals surface area contributed by atoms with Gasteiger partial charge in [0.1, 0.15) is 5.84 Å². The first-order valence-electron chi connectivity index (χ1n) is 9.73. The number of nitrogens with one attached hydrogen (secondary N) is 1. The standard InChI is InChI=1S/C24H20N2.C2H6/c1-2-18-13-15-21(16-14-18)24-25-22(19-9-5-3-6-10-19)17-23(26-24)20-11-7-4-8-12-20;1-2/h2-17,22H,1H2,(H,25,26);1-2H3. The molecule has 1 aliphatic rings. The van der Waals surface area contributed by atoms with Gasteiger partial charge in [-0.15, -0.1) is 0 Å². The summed E-state index contributed by atoms with van der Waals surface area (Å²) in [5, 5.41) is 3.51. The van der Waals surface area contributed by atoms with E-state index in [1.807, 2.05) is 32.1 Å². The van der Waals surface area contributed by atoms with E-state index in [4.69, 9.17) is 4.99 Å². The van der Waals surface area contributed by atoms with Crippen molar-refractivity contribution in [2.45, 2.75) is 19.9 Å². The third kappa shape index (κ3) is 4.47. The Morgan fingerprint density at radius 3 is 2.00 bits per heavy atom. The van der Waals surface area contributed by atoms with Crippen LogP contribution in [0.25, 0.3) is 11.8 Å². The molecule has 1 unspecified atom stereocenters. The van der Waals surface area contributed by atoms with Gasteiger partial charge in [0.2, 0.25) is 0 Å². The van der Waals surface area contributed by atoms with Crippen molar-refractivity contribution in [2.24, 2.45) is 4.99 Å². The fraction of sp³-hybridized carbons (Fsp3) is 0.115. The molecular weight excluding hydrogens is 340 g/mol. The lowest BCUT2D eigenvalue weighted by molar-refractivity contribution is 0.880. The number of nitrogens with zero attached hydrogens (tertiary/aromatic N) is 1. The molecule has 0 radical (unpaired) electrons.